The number of hydrogen-bond acceptors (Lipinski definition) is 4. The SMILES string of the molecule is O=C1/C(=C/C2=Cc3ccccc3OC2)SC(=S)N1C1CCCC1. The van der Waals surface area contributed by atoms with E-state index < -0.39 is 0 Å². The van der Waals surface area contributed by atoms with Crippen LogP contribution in [-0.2, 0) is 4.79 Å². The Kier molecular flexibility index (Phi) is 3.99. The summed E-state index contributed by atoms with van der Waals surface area (Å²) < 4.78 is 6.46. The third-order valence-electron chi connectivity index (χ3n) is 4.48. The molecule has 3 aliphatic rings. The van der Waals surface area contributed by atoms with Gasteiger partial charge in [-0.3, -0.25) is 9.69 Å². The fourth-order valence-corrected chi connectivity index (χ4v) is 4.76. The van der Waals surface area contributed by atoms with E-state index in [-0.39, 0.29) is 5.91 Å². The number of amides is 1. The molecule has 2 aliphatic heterocycles. The molecule has 0 atom stereocenters. The fraction of sp³-hybridized carbons (Fsp3) is 0.333. The van der Waals surface area contributed by atoms with Crippen molar-refractivity contribution in [3.8, 4) is 5.75 Å². The van der Waals surface area contributed by atoms with Gasteiger partial charge in [0.25, 0.3) is 5.91 Å². The first-order chi connectivity index (χ1) is 11.2. The normalized spacial score (nSPS) is 23.2. The highest BCUT2D eigenvalue weighted by Gasteiger charge is 2.38. The molecule has 0 bridgehead atoms. The number of carbonyl (C=O) groups excluding carboxylic acids is 1. The topological polar surface area (TPSA) is 29.5 Å². The molecule has 1 aliphatic carbocycles. The van der Waals surface area contributed by atoms with Gasteiger partial charge in [0.1, 0.15) is 16.7 Å². The van der Waals surface area contributed by atoms with Gasteiger partial charge in [-0.05, 0) is 36.6 Å². The molecule has 4 rings (SSSR count). The van der Waals surface area contributed by atoms with Gasteiger partial charge in [-0.1, -0.05) is 55.0 Å². The number of nitrogens with zero attached hydrogens (tertiary/aromatic N) is 1. The second-order valence-electron chi connectivity index (χ2n) is 6.04. The second-order valence-corrected chi connectivity index (χ2v) is 7.71. The highest BCUT2D eigenvalue weighted by Crippen LogP contribution is 2.38. The van der Waals surface area contributed by atoms with Gasteiger partial charge in [0.15, 0.2) is 0 Å². The molecule has 1 saturated carbocycles. The Morgan fingerprint density at radius 3 is 2.87 bits per heavy atom. The maximum absolute atomic E-state index is 12.7. The molecule has 3 nitrogen and oxygen atoms in total. The third kappa shape index (κ3) is 2.83. The Labute approximate surface area is 145 Å². The minimum Gasteiger partial charge on any atom is -0.488 e. The van der Waals surface area contributed by atoms with Crippen LogP contribution in [0.4, 0.5) is 0 Å². The number of rotatable bonds is 2. The van der Waals surface area contributed by atoms with E-state index in [0.717, 1.165) is 34.6 Å². The molecule has 5 heteroatoms. The zero-order valence-corrected chi connectivity index (χ0v) is 14.3. The molecule has 0 aromatic heterocycles. The predicted molar refractivity (Wildman–Crippen MR) is 97.3 cm³/mol. The van der Waals surface area contributed by atoms with Gasteiger partial charge in [0.05, 0.1) is 4.91 Å². The lowest BCUT2D eigenvalue weighted by atomic mass is 10.1. The van der Waals surface area contributed by atoms with E-state index >= 15 is 0 Å². The molecule has 2 fully saturated rings. The quantitative estimate of drug-likeness (QED) is 0.596. The molecule has 1 aromatic rings. The van der Waals surface area contributed by atoms with Gasteiger partial charge < -0.3 is 4.74 Å². The maximum atomic E-state index is 12.7. The maximum Gasteiger partial charge on any atom is 0.266 e. The van der Waals surface area contributed by atoms with Crippen LogP contribution in [0.1, 0.15) is 31.2 Å². The van der Waals surface area contributed by atoms with Crippen molar-refractivity contribution in [1.82, 2.24) is 4.90 Å². The summed E-state index contributed by atoms with van der Waals surface area (Å²) in [7, 11) is 0. The molecule has 0 N–H and O–H groups in total. The number of hydrogen-bond donors (Lipinski definition) is 0. The molecule has 1 saturated heterocycles. The van der Waals surface area contributed by atoms with Crippen LogP contribution >= 0.6 is 24.0 Å². The first-order valence-electron chi connectivity index (χ1n) is 7.92. The van der Waals surface area contributed by atoms with Gasteiger partial charge in [-0.15, -0.1) is 0 Å². The van der Waals surface area contributed by atoms with Crippen molar-refractivity contribution in [3.05, 3.63) is 46.4 Å². The Balaban J connectivity index is 1.59. The Hall–Kier alpha value is -1.59. The van der Waals surface area contributed by atoms with E-state index in [1.165, 1.54) is 24.6 Å². The zero-order valence-electron chi connectivity index (χ0n) is 12.7. The van der Waals surface area contributed by atoms with Crippen LogP contribution in [0, 0.1) is 0 Å². The standard InChI is InChI=1S/C18H17NO2S2/c20-17-16(23-18(22)19(17)14-6-2-3-7-14)10-12-9-13-5-1-4-8-15(13)21-11-12/h1,4-5,8-10,14H,2-3,6-7,11H2/b16-10-. The molecule has 118 valence electrons. The largest absolute Gasteiger partial charge is 0.488 e. The summed E-state index contributed by atoms with van der Waals surface area (Å²) >= 11 is 6.85. The average molecular weight is 343 g/mol. The van der Waals surface area contributed by atoms with Crippen LogP contribution in [-0.4, -0.2) is 27.8 Å². The summed E-state index contributed by atoms with van der Waals surface area (Å²) in [6.07, 6.45) is 8.54. The number of carbonyl (C=O) groups is 1. The van der Waals surface area contributed by atoms with Gasteiger partial charge in [0, 0.05) is 11.6 Å². The molecular weight excluding hydrogens is 326 g/mol. The molecule has 0 unspecified atom stereocenters. The van der Waals surface area contributed by atoms with E-state index in [9.17, 15) is 4.79 Å². The Morgan fingerprint density at radius 1 is 1.26 bits per heavy atom. The summed E-state index contributed by atoms with van der Waals surface area (Å²) in [5.41, 5.74) is 2.06. The minimum atomic E-state index is 0.0617. The lowest BCUT2D eigenvalue weighted by molar-refractivity contribution is -0.123. The molecule has 0 spiro atoms. The van der Waals surface area contributed by atoms with E-state index in [4.69, 9.17) is 17.0 Å². The monoisotopic (exact) mass is 343 g/mol. The number of ether oxygens (including phenoxy) is 1. The number of thioether (sulfide) groups is 1. The Bertz CT molecular complexity index is 732. The predicted octanol–water partition coefficient (Wildman–Crippen LogP) is 4.15. The summed E-state index contributed by atoms with van der Waals surface area (Å²) in [6, 6.07) is 8.23. The van der Waals surface area contributed by atoms with Crippen molar-refractivity contribution in [3.63, 3.8) is 0 Å². The van der Waals surface area contributed by atoms with Crippen molar-refractivity contribution in [2.75, 3.05) is 6.61 Å². The minimum absolute atomic E-state index is 0.0617. The van der Waals surface area contributed by atoms with Gasteiger partial charge in [-0.2, -0.15) is 0 Å². The fourth-order valence-electron chi connectivity index (χ4n) is 3.34. The van der Waals surface area contributed by atoms with Crippen molar-refractivity contribution in [2.45, 2.75) is 31.7 Å². The van der Waals surface area contributed by atoms with Crippen molar-refractivity contribution >= 4 is 40.3 Å². The molecule has 1 amide bonds. The van der Waals surface area contributed by atoms with Gasteiger partial charge in [0.2, 0.25) is 0 Å². The lowest BCUT2D eigenvalue weighted by Crippen LogP contribution is -2.36. The summed E-state index contributed by atoms with van der Waals surface area (Å²) in [6.45, 7) is 0.491. The average Bonchev–Trinajstić information content (AvgIpc) is 3.16. The van der Waals surface area contributed by atoms with E-state index in [2.05, 4.69) is 6.08 Å². The molecule has 0 radical (unpaired) electrons. The summed E-state index contributed by atoms with van der Waals surface area (Å²) in [4.78, 5) is 15.3. The summed E-state index contributed by atoms with van der Waals surface area (Å²) in [5, 5.41) is 0. The number of para-hydroxylation sites is 1. The van der Waals surface area contributed by atoms with Gasteiger partial charge >= 0.3 is 0 Å². The lowest BCUT2D eigenvalue weighted by Gasteiger charge is -2.22. The van der Waals surface area contributed by atoms with Crippen LogP contribution in [0.5, 0.6) is 5.75 Å². The highest BCUT2D eigenvalue weighted by molar-refractivity contribution is 8.26. The number of benzene rings is 1. The summed E-state index contributed by atoms with van der Waals surface area (Å²) in [5.74, 6) is 0.954. The molecular formula is C18H17NO2S2. The molecule has 1 aromatic carbocycles. The molecule has 2 heterocycles. The van der Waals surface area contributed by atoms with Crippen LogP contribution in [0.3, 0.4) is 0 Å². The first kappa shape index (κ1) is 15.0. The van der Waals surface area contributed by atoms with Crippen molar-refractivity contribution < 1.29 is 9.53 Å². The number of thiocarbonyl (C=S) groups is 1. The van der Waals surface area contributed by atoms with Crippen LogP contribution in [0.15, 0.2) is 40.8 Å². The second kappa shape index (κ2) is 6.13. The number of fused-ring (bicyclic) bond motifs is 1. The highest BCUT2D eigenvalue weighted by atomic mass is 32.2. The smallest absolute Gasteiger partial charge is 0.266 e. The van der Waals surface area contributed by atoms with E-state index in [1.54, 1.807) is 0 Å². The van der Waals surface area contributed by atoms with Crippen LogP contribution in [0.25, 0.3) is 6.08 Å². The zero-order chi connectivity index (χ0) is 15.8. The van der Waals surface area contributed by atoms with Gasteiger partial charge in [-0.25, -0.2) is 0 Å². The first-order valence-corrected chi connectivity index (χ1v) is 9.14. The van der Waals surface area contributed by atoms with E-state index in [0.29, 0.717) is 17.0 Å². The van der Waals surface area contributed by atoms with Crippen molar-refractivity contribution in [1.29, 1.82) is 0 Å². The Morgan fingerprint density at radius 2 is 2.04 bits per heavy atom. The van der Waals surface area contributed by atoms with Crippen molar-refractivity contribution in [2.24, 2.45) is 0 Å². The molecule has 23 heavy (non-hydrogen) atoms. The van der Waals surface area contributed by atoms with Crippen LogP contribution < -0.4 is 4.74 Å². The van der Waals surface area contributed by atoms with E-state index in [1.807, 2.05) is 35.2 Å². The third-order valence-corrected chi connectivity index (χ3v) is 5.81. The van der Waals surface area contributed by atoms with Crippen LogP contribution in [0.2, 0.25) is 0 Å².